The van der Waals surface area contributed by atoms with Crippen molar-refractivity contribution in [2.75, 3.05) is 65.3 Å². The van der Waals surface area contributed by atoms with Crippen LogP contribution in [0.1, 0.15) is 10.4 Å². The summed E-state index contributed by atoms with van der Waals surface area (Å²) < 4.78 is 18.7. The molecule has 0 spiro atoms. The number of carbonyl (C=O) groups is 1. The van der Waals surface area contributed by atoms with E-state index in [1.54, 1.807) is 41.4 Å². The number of fused-ring (bicyclic) bond motifs is 1. The fraction of sp³-hybridized carbons (Fsp3) is 0.419. The molecule has 14 heteroatoms. The topological polar surface area (TPSA) is 107 Å². The predicted molar refractivity (Wildman–Crippen MR) is 184 cm³/mol. The Kier molecular flexibility index (Phi) is 11.3. The molecule has 4 rings (SSSR count). The summed E-state index contributed by atoms with van der Waals surface area (Å²) in [4.78, 5) is 31.9. The average molecular weight is 675 g/mol. The largest absolute Gasteiger partial charge is 0.495 e. The summed E-state index contributed by atoms with van der Waals surface area (Å²) in [7, 11) is 7.76. The number of nitrogens with zero attached hydrogens (tertiary/aromatic N) is 6. The Hall–Kier alpha value is -3.42. The van der Waals surface area contributed by atoms with Crippen LogP contribution < -0.4 is 19.7 Å². The second kappa shape index (κ2) is 14.8. The minimum Gasteiger partial charge on any atom is -0.495 e. The number of anilines is 2. The van der Waals surface area contributed by atoms with Crippen LogP contribution in [-0.2, 0) is 11.5 Å². The SMILES string of the molecule is COc1cc(OC)c(Cl)c(-c2ccc(C(=O)Nc3nccn3COCC[Si](C)(C)C)c3ncc(N(C)CCN(C)C)nc23)c1Cl. The van der Waals surface area contributed by atoms with Crippen LogP contribution in [0, 0.1) is 0 Å². The van der Waals surface area contributed by atoms with Gasteiger partial charge in [-0.15, -0.1) is 0 Å². The summed E-state index contributed by atoms with van der Waals surface area (Å²) >= 11 is 13.7. The summed E-state index contributed by atoms with van der Waals surface area (Å²) in [5, 5.41) is 3.48. The Balaban J connectivity index is 1.77. The fourth-order valence-electron chi connectivity index (χ4n) is 4.49. The highest BCUT2D eigenvalue weighted by molar-refractivity contribution is 6.76. The number of benzene rings is 2. The van der Waals surface area contributed by atoms with E-state index in [0.717, 1.165) is 12.6 Å². The number of carbonyl (C=O) groups excluding carboxylic acids is 1. The van der Waals surface area contributed by atoms with Crippen molar-refractivity contribution >= 4 is 60.0 Å². The first-order valence-corrected chi connectivity index (χ1v) is 19.0. The first-order valence-electron chi connectivity index (χ1n) is 14.5. The maximum atomic E-state index is 13.7. The molecule has 2 aromatic carbocycles. The Labute approximate surface area is 275 Å². The molecule has 2 aromatic heterocycles. The van der Waals surface area contributed by atoms with Crippen LogP contribution >= 0.6 is 23.2 Å². The number of likely N-dealkylation sites (N-methyl/N-ethyl adjacent to an activating group) is 2. The molecule has 0 aliphatic carbocycles. The molecular weight excluding hydrogens is 633 g/mol. The monoisotopic (exact) mass is 673 g/mol. The molecule has 0 aliphatic heterocycles. The normalized spacial score (nSPS) is 11.7. The van der Waals surface area contributed by atoms with E-state index >= 15 is 0 Å². The Bertz CT molecular complexity index is 1630. The van der Waals surface area contributed by atoms with Gasteiger partial charge in [0.25, 0.3) is 5.91 Å². The second-order valence-electron chi connectivity index (χ2n) is 12.1. The number of hydrogen-bond donors (Lipinski definition) is 1. The molecule has 2 heterocycles. The highest BCUT2D eigenvalue weighted by atomic mass is 35.5. The van der Waals surface area contributed by atoms with Gasteiger partial charge in [0, 0.05) is 64.4 Å². The number of ether oxygens (including phenoxy) is 3. The predicted octanol–water partition coefficient (Wildman–Crippen LogP) is 6.38. The van der Waals surface area contributed by atoms with Gasteiger partial charge in [0.2, 0.25) is 5.95 Å². The summed E-state index contributed by atoms with van der Waals surface area (Å²) in [6, 6.07) is 6.10. The van der Waals surface area contributed by atoms with Gasteiger partial charge in [0.1, 0.15) is 29.6 Å². The van der Waals surface area contributed by atoms with Gasteiger partial charge in [-0.2, -0.15) is 0 Å². The minimum atomic E-state index is -1.23. The lowest BCUT2D eigenvalue weighted by Gasteiger charge is -2.21. The zero-order valence-corrected chi connectivity index (χ0v) is 29.6. The molecule has 1 N–H and O–H groups in total. The van der Waals surface area contributed by atoms with E-state index < -0.39 is 14.0 Å². The molecule has 0 radical (unpaired) electrons. The third-order valence-electron chi connectivity index (χ3n) is 7.22. The minimum absolute atomic E-state index is 0.275. The molecule has 11 nitrogen and oxygen atoms in total. The van der Waals surface area contributed by atoms with E-state index in [4.69, 9.17) is 47.4 Å². The van der Waals surface area contributed by atoms with Crippen LogP contribution in [0.5, 0.6) is 11.5 Å². The van der Waals surface area contributed by atoms with Gasteiger partial charge in [-0.05, 0) is 26.2 Å². The van der Waals surface area contributed by atoms with Crippen LogP contribution in [0.2, 0.25) is 35.7 Å². The fourth-order valence-corrected chi connectivity index (χ4v) is 5.95. The Morgan fingerprint density at radius 1 is 1.00 bits per heavy atom. The molecule has 0 atom stereocenters. The van der Waals surface area contributed by atoms with Crippen LogP contribution in [0.15, 0.2) is 36.8 Å². The van der Waals surface area contributed by atoms with Crippen molar-refractivity contribution in [3.05, 3.63) is 52.4 Å². The van der Waals surface area contributed by atoms with Crippen molar-refractivity contribution < 1.29 is 19.0 Å². The highest BCUT2D eigenvalue weighted by Crippen LogP contribution is 2.47. The smallest absolute Gasteiger partial charge is 0.260 e. The maximum Gasteiger partial charge on any atom is 0.260 e. The van der Waals surface area contributed by atoms with Crippen molar-refractivity contribution in [3.8, 4) is 22.6 Å². The van der Waals surface area contributed by atoms with Crippen LogP contribution in [0.3, 0.4) is 0 Å². The van der Waals surface area contributed by atoms with Crippen molar-refractivity contribution in [2.45, 2.75) is 32.4 Å². The lowest BCUT2D eigenvalue weighted by atomic mass is 9.99. The molecule has 0 bridgehead atoms. The average Bonchev–Trinajstić information content (AvgIpc) is 3.44. The van der Waals surface area contributed by atoms with Gasteiger partial charge >= 0.3 is 0 Å². The molecule has 0 fully saturated rings. The van der Waals surface area contributed by atoms with Gasteiger partial charge in [-0.25, -0.2) is 15.0 Å². The Morgan fingerprint density at radius 3 is 2.31 bits per heavy atom. The maximum absolute atomic E-state index is 13.7. The molecule has 4 aromatic rings. The van der Waals surface area contributed by atoms with Crippen molar-refractivity contribution in [3.63, 3.8) is 0 Å². The first kappa shape index (κ1) is 34.5. The van der Waals surface area contributed by atoms with E-state index in [1.807, 2.05) is 26.0 Å². The zero-order valence-electron chi connectivity index (χ0n) is 27.1. The summed E-state index contributed by atoms with van der Waals surface area (Å²) in [5.74, 6) is 1.35. The van der Waals surface area contributed by atoms with Crippen LogP contribution in [0.4, 0.5) is 11.8 Å². The number of aromatic nitrogens is 4. The third kappa shape index (κ3) is 8.25. The van der Waals surface area contributed by atoms with Crippen LogP contribution in [-0.4, -0.2) is 93.5 Å². The van der Waals surface area contributed by atoms with Crippen molar-refractivity contribution in [2.24, 2.45) is 0 Å². The number of nitrogens with one attached hydrogen (secondary N) is 1. The van der Waals surface area contributed by atoms with Gasteiger partial charge in [0.05, 0.1) is 41.5 Å². The van der Waals surface area contributed by atoms with E-state index in [1.165, 1.54) is 14.2 Å². The number of halogens is 2. The molecule has 45 heavy (non-hydrogen) atoms. The van der Waals surface area contributed by atoms with Gasteiger partial charge in [0.15, 0.2) is 0 Å². The molecule has 0 aliphatic rings. The zero-order chi connectivity index (χ0) is 32.9. The summed E-state index contributed by atoms with van der Waals surface area (Å²) in [5.41, 5.74) is 2.14. The summed E-state index contributed by atoms with van der Waals surface area (Å²) in [6.45, 7) is 9.34. The van der Waals surface area contributed by atoms with Gasteiger partial charge < -0.3 is 24.0 Å². The van der Waals surface area contributed by atoms with E-state index in [9.17, 15) is 4.79 Å². The van der Waals surface area contributed by atoms with Crippen LogP contribution in [0.25, 0.3) is 22.2 Å². The molecule has 242 valence electrons. The molecule has 0 saturated carbocycles. The Morgan fingerprint density at radius 2 is 1.69 bits per heavy atom. The van der Waals surface area contributed by atoms with E-state index in [2.05, 4.69) is 34.8 Å². The second-order valence-corrected chi connectivity index (χ2v) is 18.5. The number of hydrogen-bond acceptors (Lipinski definition) is 9. The summed E-state index contributed by atoms with van der Waals surface area (Å²) in [6.07, 6.45) is 5.04. The van der Waals surface area contributed by atoms with E-state index in [-0.39, 0.29) is 16.8 Å². The van der Waals surface area contributed by atoms with Crippen molar-refractivity contribution in [1.29, 1.82) is 0 Å². The molecular formula is C31H41Cl2N7O4Si. The van der Waals surface area contributed by atoms with E-state index in [0.29, 0.717) is 64.1 Å². The quantitative estimate of drug-likeness (QED) is 0.121. The van der Waals surface area contributed by atoms with Gasteiger partial charge in [-0.3, -0.25) is 14.7 Å². The number of imidazole rings is 1. The standard InChI is InChI=1S/C31H41Cl2N7O4Si/c1-38(2)13-14-39(3)24-18-35-28-21(30(41)37-31-34-11-12-40(31)19-44-15-16-45(6,7)8)10-9-20(29(28)36-24)25-26(32)22(42-4)17-23(43-5)27(25)33/h9-12,17-18H,13-16,19H2,1-8H3,(H,34,37,41). The number of amides is 1. The van der Waals surface area contributed by atoms with Gasteiger partial charge in [-0.1, -0.05) is 48.9 Å². The molecule has 0 unspecified atom stereocenters. The first-order chi connectivity index (χ1) is 21.3. The third-order valence-corrected chi connectivity index (χ3v) is 9.67. The lowest BCUT2D eigenvalue weighted by molar-refractivity contribution is 0.0879. The van der Waals surface area contributed by atoms with Crippen molar-refractivity contribution in [1.82, 2.24) is 24.4 Å². The lowest BCUT2D eigenvalue weighted by Crippen LogP contribution is -2.29. The molecule has 0 saturated heterocycles. The highest BCUT2D eigenvalue weighted by Gasteiger charge is 2.24. The molecule has 1 amide bonds. The number of rotatable bonds is 14. The number of methoxy groups -OCH3 is 2.